The number of nitrogens with zero attached hydrogens (tertiary/aromatic N) is 1. The molecule has 0 bridgehead atoms. The quantitative estimate of drug-likeness (QED) is 0.147. The van der Waals surface area contributed by atoms with Crippen LogP contribution in [-0.4, -0.2) is 65.0 Å². The van der Waals surface area contributed by atoms with E-state index in [4.69, 9.17) is 9.47 Å². The first-order valence-corrected chi connectivity index (χ1v) is 10.1. The van der Waals surface area contributed by atoms with Crippen LogP contribution in [0.15, 0.2) is 33.7 Å². The molecule has 0 spiro atoms. The average molecular weight is 571 g/mol. The summed E-state index contributed by atoms with van der Waals surface area (Å²) in [6, 6.07) is 7.34. The Labute approximate surface area is 193 Å². The van der Waals surface area contributed by atoms with Gasteiger partial charge in [0.1, 0.15) is 0 Å². The summed E-state index contributed by atoms with van der Waals surface area (Å²) in [4.78, 5) is 16.6. The van der Waals surface area contributed by atoms with Gasteiger partial charge in [0.25, 0.3) is 5.91 Å². The Bertz CT molecular complexity index is 576. The fraction of sp³-hybridized carbons (Fsp3) is 0.579. The average Bonchev–Trinajstić information content (AvgIpc) is 2.66. The van der Waals surface area contributed by atoms with Gasteiger partial charge in [-0.15, -0.1) is 24.0 Å². The Morgan fingerprint density at radius 3 is 2.61 bits per heavy atom. The number of carbonyl (C=O) groups is 1. The molecule has 1 rings (SSSR count). The van der Waals surface area contributed by atoms with E-state index in [0.29, 0.717) is 38.5 Å². The van der Waals surface area contributed by atoms with Crippen LogP contribution in [0.25, 0.3) is 0 Å². The van der Waals surface area contributed by atoms with Gasteiger partial charge in [0, 0.05) is 49.9 Å². The van der Waals surface area contributed by atoms with Crippen molar-refractivity contribution >= 4 is 51.8 Å². The second-order valence-electron chi connectivity index (χ2n) is 5.77. The summed E-state index contributed by atoms with van der Waals surface area (Å²) in [7, 11) is 1.66. The third-order valence-corrected chi connectivity index (χ3v) is 4.00. The summed E-state index contributed by atoms with van der Waals surface area (Å²) in [6.45, 7) is 6.78. The van der Waals surface area contributed by atoms with Gasteiger partial charge in [0.15, 0.2) is 5.96 Å². The Morgan fingerprint density at radius 2 is 1.89 bits per heavy atom. The number of rotatable bonds is 13. The molecule has 3 N–H and O–H groups in total. The largest absolute Gasteiger partial charge is 0.382 e. The number of ether oxygens (including phenoxy) is 2. The van der Waals surface area contributed by atoms with Crippen LogP contribution in [-0.2, 0) is 9.47 Å². The van der Waals surface area contributed by atoms with Crippen molar-refractivity contribution in [3.8, 4) is 0 Å². The topological polar surface area (TPSA) is 84.0 Å². The fourth-order valence-corrected chi connectivity index (χ4v) is 2.57. The molecule has 28 heavy (non-hydrogen) atoms. The van der Waals surface area contributed by atoms with Crippen molar-refractivity contribution in [2.75, 3.05) is 53.1 Å². The lowest BCUT2D eigenvalue weighted by molar-refractivity contribution is 0.0698. The number of carbonyl (C=O) groups excluding carboxylic acids is 1. The standard InChI is InChI=1S/C19H31BrN4O3.HI/c1-3-21-19(24-11-6-12-27-14-13-26-2)23-10-5-9-22-18(25)16-7-4-8-17(20)15-16;/h4,7-8,15H,3,5-6,9-14H2,1-2H3,(H,22,25)(H2,21,23,24);1H. The molecular formula is C19H32BrIN4O3. The van der Waals surface area contributed by atoms with Gasteiger partial charge in [-0.05, 0) is 38.0 Å². The van der Waals surface area contributed by atoms with Crippen LogP contribution >= 0.6 is 39.9 Å². The lowest BCUT2D eigenvalue weighted by Crippen LogP contribution is -2.38. The molecule has 1 amide bonds. The Morgan fingerprint density at radius 1 is 1.11 bits per heavy atom. The van der Waals surface area contributed by atoms with Crippen molar-refractivity contribution in [3.05, 3.63) is 34.3 Å². The lowest BCUT2D eigenvalue weighted by Gasteiger charge is -2.11. The van der Waals surface area contributed by atoms with E-state index in [9.17, 15) is 4.79 Å². The van der Waals surface area contributed by atoms with Crippen molar-refractivity contribution < 1.29 is 14.3 Å². The Kier molecular flexibility index (Phi) is 17.6. The van der Waals surface area contributed by atoms with Gasteiger partial charge in [-0.3, -0.25) is 9.79 Å². The number of aliphatic imine (C=N–C) groups is 1. The molecule has 0 heterocycles. The molecule has 0 aliphatic heterocycles. The highest BCUT2D eigenvalue weighted by atomic mass is 127. The molecule has 1 aromatic rings. The van der Waals surface area contributed by atoms with Crippen molar-refractivity contribution in [1.82, 2.24) is 16.0 Å². The lowest BCUT2D eigenvalue weighted by atomic mass is 10.2. The second-order valence-corrected chi connectivity index (χ2v) is 6.68. The smallest absolute Gasteiger partial charge is 0.251 e. The van der Waals surface area contributed by atoms with E-state index < -0.39 is 0 Å². The van der Waals surface area contributed by atoms with E-state index in [0.717, 1.165) is 36.4 Å². The van der Waals surface area contributed by atoms with Crippen LogP contribution in [0.4, 0.5) is 0 Å². The van der Waals surface area contributed by atoms with Crippen molar-refractivity contribution in [1.29, 1.82) is 0 Å². The van der Waals surface area contributed by atoms with Crippen molar-refractivity contribution in [2.24, 2.45) is 4.99 Å². The summed E-state index contributed by atoms with van der Waals surface area (Å²) in [5.74, 6) is 0.714. The summed E-state index contributed by atoms with van der Waals surface area (Å²) in [5, 5.41) is 9.40. The molecule has 0 unspecified atom stereocenters. The highest BCUT2D eigenvalue weighted by Crippen LogP contribution is 2.11. The van der Waals surface area contributed by atoms with Crippen LogP contribution in [0.5, 0.6) is 0 Å². The zero-order valence-corrected chi connectivity index (χ0v) is 20.5. The fourth-order valence-electron chi connectivity index (χ4n) is 2.17. The van der Waals surface area contributed by atoms with Crippen LogP contribution < -0.4 is 16.0 Å². The van der Waals surface area contributed by atoms with E-state index in [-0.39, 0.29) is 29.9 Å². The van der Waals surface area contributed by atoms with Crippen molar-refractivity contribution in [3.63, 3.8) is 0 Å². The summed E-state index contributed by atoms with van der Waals surface area (Å²) < 4.78 is 11.3. The molecule has 0 aliphatic carbocycles. The van der Waals surface area contributed by atoms with E-state index in [1.54, 1.807) is 19.2 Å². The molecule has 0 aliphatic rings. The second kappa shape index (κ2) is 18.1. The van der Waals surface area contributed by atoms with Crippen molar-refractivity contribution in [2.45, 2.75) is 19.8 Å². The number of benzene rings is 1. The van der Waals surface area contributed by atoms with Gasteiger partial charge in [0.05, 0.1) is 13.2 Å². The Balaban J connectivity index is 0.00000729. The predicted molar refractivity (Wildman–Crippen MR) is 128 cm³/mol. The summed E-state index contributed by atoms with van der Waals surface area (Å²) >= 11 is 3.37. The first kappa shape index (κ1) is 27.1. The first-order valence-electron chi connectivity index (χ1n) is 9.30. The van der Waals surface area contributed by atoms with Gasteiger partial charge >= 0.3 is 0 Å². The molecule has 1 aromatic carbocycles. The maximum atomic E-state index is 12.1. The van der Waals surface area contributed by atoms with Gasteiger partial charge in [-0.1, -0.05) is 22.0 Å². The molecule has 0 saturated carbocycles. The third kappa shape index (κ3) is 13.3. The Hall–Kier alpha value is -0.910. The summed E-state index contributed by atoms with van der Waals surface area (Å²) in [5.41, 5.74) is 0.649. The normalized spacial score (nSPS) is 10.9. The maximum Gasteiger partial charge on any atom is 0.251 e. The summed E-state index contributed by atoms with van der Waals surface area (Å²) in [6.07, 6.45) is 1.67. The number of halogens is 2. The van der Waals surface area contributed by atoms with E-state index in [1.165, 1.54) is 0 Å². The number of hydrogen-bond donors (Lipinski definition) is 3. The van der Waals surface area contributed by atoms with Gasteiger partial charge in [-0.25, -0.2) is 0 Å². The van der Waals surface area contributed by atoms with Crippen LogP contribution in [0.2, 0.25) is 0 Å². The monoisotopic (exact) mass is 570 g/mol. The van der Waals surface area contributed by atoms with Crippen LogP contribution in [0.3, 0.4) is 0 Å². The molecule has 7 nitrogen and oxygen atoms in total. The maximum absolute atomic E-state index is 12.1. The minimum Gasteiger partial charge on any atom is -0.382 e. The first-order chi connectivity index (χ1) is 13.2. The van der Waals surface area contributed by atoms with Gasteiger partial charge < -0.3 is 25.4 Å². The SMILES string of the molecule is CCNC(=NCCCNC(=O)c1cccc(Br)c1)NCCCOCCOC.I. The van der Waals surface area contributed by atoms with E-state index in [1.807, 2.05) is 19.1 Å². The zero-order chi connectivity index (χ0) is 19.7. The molecule has 0 aromatic heterocycles. The molecule has 9 heteroatoms. The highest BCUT2D eigenvalue weighted by molar-refractivity contribution is 14.0. The molecule has 0 saturated heterocycles. The molecule has 0 radical (unpaired) electrons. The number of amides is 1. The number of hydrogen-bond acceptors (Lipinski definition) is 4. The number of methoxy groups -OCH3 is 1. The van der Waals surface area contributed by atoms with E-state index in [2.05, 4.69) is 36.9 Å². The van der Waals surface area contributed by atoms with Crippen LogP contribution in [0, 0.1) is 0 Å². The molecule has 0 fully saturated rings. The highest BCUT2D eigenvalue weighted by Gasteiger charge is 2.04. The number of nitrogens with one attached hydrogen (secondary N) is 3. The zero-order valence-electron chi connectivity index (χ0n) is 16.6. The predicted octanol–water partition coefficient (Wildman–Crippen LogP) is 2.80. The minimum atomic E-state index is -0.0706. The minimum absolute atomic E-state index is 0. The van der Waals surface area contributed by atoms with Crippen LogP contribution in [0.1, 0.15) is 30.1 Å². The molecule has 0 atom stereocenters. The number of guanidine groups is 1. The van der Waals surface area contributed by atoms with E-state index >= 15 is 0 Å². The molecule has 160 valence electrons. The molecular weight excluding hydrogens is 539 g/mol. The van der Waals surface area contributed by atoms with Gasteiger partial charge in [-0.2, -0.15) is 0 Å². The third-order valence-electron chi connectivity index (χ3n) is 3.51. The van der Waals surface area contributed by atoms with Gasteiger partial charge in [0.2, 0.25) is 0 Å².